The average Bonchev–Trinajstić information content (AvgIpc) is 2.26. The van der Waals surface area contributed by atoms with Gasteiger partial charge in [-0.3, -0.25) is 0 Å². The molecular weight excluding hydrogens is 341 g/mol. The molecule has 0 radical (unpaired) electrons. The lowest BCUT2D eigenvalue weighted by molar-refractivity contribution is -0.138. The van der Waals surface area contributed by atoms with Crippen LogP contribution in [0.5, 0.6) is 0 Å². The van der Waals surface area contributed by atoms with Crippen LogP contribution in [0.15, 0.2) is 16.6 Å². The van der Waals surface area contributed by atoms with Crippen molar-refractivity contribution in [1.29, 1.82) is 0 Å². The van der Waals surface area contributed by atoms with Gasteiger partial charge in [0.25, 0.3) is 0 Å². The smallest absolute Gasteiger partial charge is 0.326 e. The molecule has 0 heterocycles. The van der Waals surface area contributed by atoms with Gasteiger partial charge < -0.3 is 10.4 Å². The number of hydrogen-bond acceptors (Lipinski definition) is 2. The van der Waals surface area contributed by atoms with Crippen molar-refractivity contribution in [3.63, 3.8) is 0 Å². The molecule has 0 aliphatic rings. The minimum Gasteiger partial charge on any atom is -0.480 e. The van der Waals surface area contributed by atoms with Crippen LogP contribution in [0.25, 0.3) is 0 Å². The Morgan fingerprint density at radius 3 is 2.44 bits per heavy atom. The van der Waals surface area contributed by atoms with E-state index in [1.165, 1.54) is 0 Å². The van der Waals surface area contributed by atoms with E-state index in [-0.39, 0.29) is 0 Å². The number of rotatable bonds is 6. The standard InChI is InChI=1S/C12H14BrCl2NO2/c1-2-3-4-10(12(17)18)16-11-8(14)5-7(13)6-9(11)15/h5-6,10,16H,2-4H2,1H3,(H,17,18). The molecule has 0 spiro atoms. The van der Waals surface area contributed by atoms with Gasteiger partial charge in [-0.15, -0.1) is 0 Å². The Kier molecular flexibility index (Phi) is 6.26. The topological polar surface area (TPSA) is 49.3 Å². The predicted octanol–water partition coefficient (Wildman–Crippen LogP) is 4.81. The second-order valence-electron chi connectivity index (χ2n) is 3.92. The third-order valence-electron chi connectivity index (χ3n) is 2.47. The number of benzene rings is 1. The zero-order valence-corrected chi connectivity index (χ0v) is 12.9. The van der Waals surface area contributed by atoms with Crippen LogP contribution in [0.1, 0.15) is 26.2 Å². The van der Waals surface area contributed by atoms with Gasteiger partial charge in [-0.1, -0.05) is 58.9 Å². The first-order chi connectivity index (χ1) is 8.45. The summed E-state index contributed by atoms with van der Waals surface area (Å²) in [7, 11) is 0. The van der Waals surface area contributed by atoms with Crippen molar-refractivity contribution < 1.29 is 9.90 Å². The number of carbonyl (C=O) groups is 1. The molecule has 1 unspecified atom stereocenters. The minimum absolute atomic E-state index is 0.400. The van der Waals surface area contributed by atoms with Crippen molar-refractivity contribution in [3.8, 4) is 0 Å². The molecule has 6 heteroatoms. The van der Waals surface area contributed by atoms with Gasteiger partial charge in [0.2, 0.25) is 0 Å². The lowest BCUT2D eigenvalue weighted by Gasteiger charge is -2.17. The van der Waals surface area contributed by atoms with Crippen LogP contribution in [-0.2, 0) is 4.79 Å². The summed E-state index contributed by atoms with van der Waals surface area (Å²) in [6, 6.07) is 2.67. The minimum atomic E-state index is -0.904. The second-order valence-corrected chi connectivity index (χ2v) is 5.65. The molecule has 0 amide bonds. The lowest BCUT2D eigenvalue weighted by Crippen LogP contribution is -2.29. The zero-order chi connectivity index (χ0) is 13.7. The Hall–Kier alpha value is -0.450. The molecule has 1 aromatic rings. The Morgan fingerprint density at radius 1 is 1.44 bits per heavy atom. The summed E-state index contributed by atoms with van der Waals surface area (Å²) in [6.07, 6.45) is 2.30. The first-order valence-corrected chi connectivity index (χ1v) is 7.14. The number of carboxylic acids is 1. The Bertz CT molecular complexity index is 417. The summed E-state index contributed by atoms with van der Waals surface area (Å²) >= 11 is 15.4. The number of hydrogen-bond donors (Lipinski definition) is 2. The third-order valence-corrected chi connectivity index (χ3v) is 3.52. The summed E-state index contributed by atoms with van der Waals surface area (Å²) in [5, 5.41) is 12.8. The maximum absolute atomic E-state index is 11.1. The molecule has 0 fully saturated rings. The van der Waals surface area contributed by atoms with Crippen LogP contribution in [0.2, 0.25) is 10.0 Å². The van der Waals surface area contributed by atoms with Gasteiger partial charge in [0.1, 0.15) is 6.04 Å². The fourth-order valence-electron chi connectivity index (χ4n) is 1.52. The van der Waals surface area contributed by atoms with Crippen molar-refractivity contribution in [2.24, 2.45) is 0 Å². The van der Waals surface area contributed by atoms with Crippen molar-refractivity contribution >= 4 is 50.8 Å². The van der Waals surface area contributed by atoms with Crippen molar-refractivity contribution in [2.45, 2.75) is 32.2 Å². The molecule has 18 heavy (non-hydrogen) atoms. The van der Waals surface area contributed by atoms with E-state index in [2.05, 4.69) is 21.2 Å². The Balaban J connectivity index is 2.90. The van der Waals surface area contributed by atoms with Gasteiger partial charge in [-0.2, -0.15) is 0 Å². The summed E-state index contributed by atoms with van der Waals surface area (Å²) in [4.78, 5) is 11.1. The number of nitrogens with one attached hydrogen (secondary N) is 1. The summed E-state index contributed by atoms with van der Waals surface area (Å²) in [5.41, 5.74) is 0.463. The van der Waals surface area contributed by atoms with Gasteiger partial charge in [0.05, 0.1) is 15.7 Å². The van der Waals surface area contributed by atoms with Gasteiger partial charge in [-0.25, -0.2) is 4.79 Å². The molecule has 0 saturated heterocycles. The third kappa shape index (κ3) is 4.34. The predicted molar refractivity (Wildman–Crippen MR) is 78.7 cm³/mol. The molecule has 0 aliphatic carbocycles. The molecule has 2 N–H and O–H groups in total. The van der Waals surface area contributed by atoms with Crippen LogP contribution in [-0.4, -0.2) is 17.1 Å². The van der Waals surface area contributed by atoms with Crippen molar-refractivity contribution in [1.82, 2.24) is 0 Å². The van der Waals surface area contributed by atoms with E-state index in [1.54, 1.807) is 12.1 Å². The maximum atomic E-state index is 11.1. The van der Waals surface area contributed by atoms with E-state index in [1.807, 2.05) is 6.92 Å². The molecule has 0 saturated carbocycles. The number of anilines is 1. The van der Waals surface area contributed by atoms with Gasteiger partial charge >= 0.3 is 5.97 Å². The van der Waals surface area contributed by atoms with Crippen LogP contribution >= 0.6 is 39.1 Å². The highest BCUT2D eigenvalue weighted by molar-refractivity contribution is 9.10. The highest BCUT2D eigenvalue weighted by atomic mass is 79.9. The van der Waals surface area contributed by atoms with Gasteiger partial charge in [0.15, 0.2) is 0 Å². The van der Waals surface area contributed by atoms with E-state index < -0.39 is 12.0 Å². The number of halogens is 3. The fourth-order valence-corrected chi connectivity index (χ4v) is 2.84. The molecule has 1 rings (SSSR count). The van der Waals surface area contributed by atoms with Crippen molar-refractivity contribution in [2.75, 3.05) is 5.32 Å². The second kappa shape index (κ2) is 7.22. The Morgan fingerprint density at radius 2 is 2.00 bits per heavy atom. The molecule has 1 atom stereocenters. The Labute approximate surface area is 125 Å². The SMILES string of the molecule is CCCCC(Nc1c(Cl)cc(Br)cc1Cl)C(=O)O. The summed E-state index contributed by atoms with van der Waals surface area (Å²) < 4.78 is 0.753. The normalized spacial score (nSPS) is 12.2. The monoisotopic (exact) mass is 353 g/mol. The van der Waals surface area contributed by atoms with E-state index in [4.69, 9.17) is 28.3 Å². The van der Waals surface area contributed by atoms with Gasteiger partial charge in [-0.05, 0) is 18.6 Å². The summed E-state index contributed by atoms with van der Waals surface area (Å²) in [6.45, 7) is 2.01. The quantitative estimate of drug-likeness (QED) is 0.770. The lowest BCUT2D eigenvalue weighted by atomic mass is 10.1. The van der Waals surface area contributed by atoms with Crippen LogP contribution in [0, 0.1) is 0 Å². The fraction of sp³-hybridized carbons (Fsp3) is 0.417. The molecule has 100 valence electrons. The molecule has 3 nitrogen and oxygen atoms in total. The maximum Gasteiger partial charge on any atom is 0.326 e. The average molecular weight is 355 g/mol. The van der Waals surface area contributed by atoms with Crippen molar-refractivity contribution in [3.05, 3.63) is 26.7 Å². The molecule has 1 aromatic carbocycles. The first kappa shape index (κ1) is 15.6. The highest BCUT2D eigenvalue weighted by Gasteiger charge is 2.19. The van der Waals surface area contributed by atoms with E-state index in [0.29, 0.717) is 22.2 Å². The van der Waals surface area contributed by atoms with Crippen LogP contribution in [0.4, 0.5) is 5.69 Å². The molecular formula is C12H14BrCl2NO2. The largest absolute Gasteiger partial charge is 0.480 e. The summed E-state index contributed by atoms with van der Waals surface area (Å²) in [5.74, 6) is -0.904. The molecule has 0 aromatic heterocycles. The first-order valence-electron chi connectivity index (χ1n) is 5.59. The molecule has 0 aliphatic heterocycles. The zero-order valence-electron chi connectivity index (χ0n) is 9.84. The highest BCUT2D eigenvalue weighted by Crippen LogP contribution is 2.34. The number of carboxylic acid groups (broad SMARTS) is 1. The van der Waals surface area contributed by atoms with E-state index >= 15 is 0 Å². The number of unbranched alkanes of at least 4 members (excludes halogenated alkanes) is 1. The number of aliphatic carboxylic acids is 1. The molecule has 0 bridgehead atoms. The van der Waals surface area contributed by atoms with Gasteiger partial charge in [0, 0.05) is 4.47 Å². The van der Waals surface area contributed by atoms with Crippen LogP contribution < -0.4 is 5.32 Å². The van der Waals surface area contributed by atoms with E-state index in [0.717, 1.165) is 17.3 Å². The van der Waals surface area contributed by atoms with E-state index in [9.17, 15) is 4.79 Å². The van der Waals surface area contributed by atoms with Crippen LogP contribution in [0.3, 0.4) is 0 Å².